The van der Waals surface area contributed by atoms with Gasteiger partial charge in [-0.2, -0.15) is 0 Å². The molecule has 1 unspecified atom stereocenters. The van der Waals surface area contributed by atoms with Gasteiger partial charge in [-0.25, -0.2) is 0 Å². The molecule has 0 bridgehead atoms. The Hall–Kier alpha value is -0.780. The molecule has 1 aromatic carbocycles. The lowest BCUT2D eigenvalue weighted by Crippen LogP contribution is -1.98. The minimum atomic E-state index is 0.552. The smallest absolute Gasteiger partial charge is 0.000653 e. The van der Waals surface area contributed by atoms with Gasteiger partial charge in [-0.1, -0.05) is 24.3 Å². The quantitative estimate of drug-likeness (QED) is 0.523. The Morgan fingerprint density at radius 2 is 2.00 bits per heavy atom. The second-order valence-corrected chi connectivity index (χ2v) is 3.72. The summed E-state index contributed by atoms with van der Waals surface area (Å²) in [5, 5.41) is 0. The lowest BCUT2D eigenvalue weighted by Gasteiger charge is -2.05. The van der Waals surface area contributed by atoms with Gasteiger partial charge in [-0.05, 0) is 42.2 Å². The van der Waals surface area contributed by atoms with Gasteiger partial charge in [0.15, 0.2) is 0 Å². The highest BCUT2D eigenvalue weighted by Crippen LogP contribution is 2.55. The molecular formula is C11H11. The molecular weight excluding hydrogens is 132 g/mol. The molecule has 0 saturated heterocycles. The predicted molar refractivity (Wildman–Crippen MR) is 45.4 cm³/mol. The summed E-state index contributed by atoms with van der Waals surface area (Å²) < 4.78 is 0. The highest BCUT2D eigenvalue weighted by atomic mass is 14.5. The number of hydrogen-bond donors (Lipinski definition) is 0. The average molecular weight is 143 g/mol. The van der Waals surface area contributed by atoms with Crippen molar-refractivity contribution in [2.75, 3.05) is 0 Å². The summed E-state index contributed by atoms with van der Waals surface area (Å²) in [5.41, 5.74) is 3.75. The molecule has 3 rings (SSSR count). The summed E-state index contributed by atoms with van der Waals surface area (Å²) in [7, 11) is 0. The Morgan fingerprint density at radius 1 is 1.18 bits per heavy atom. The van der Waals surface area contributed by atoms with E-state index >= 15 is 0 Å². The third-order valence-corrected chi connectivity index (χ3v) is 3.09. The first kappa shape index (κ1) is 5.82. The first-order chi connectivity index (χ1) is 5.41. The maximum Gasteiger partial charge on any atom is -0.000653 e. The van der Waals surface area contributed by atoms with Crippen molar-refractivity contribution in [2.45, 2.75) is 24.7 Å². The van der Waals surface area contributed by atoms with Crippen LogP contribution in [0, 0.1) is 6.42 Å². The maximum atomic E-state index is 2.46. The lowest BCUT2D eigenvalue weighted by molar-refractivity contribution is 0.706. The van der Waals surface area contributed by atoms with Gasteiger partial charge >= 0.3 is 0 Å². The molecule has 0 aliphatic heterocycles. The number of rotatable bonds is 0. The Balaban J connectivity index is 2.21. The van der Waals surface area contributed by atoms with Crippen LogP contribution >= 0.6 is 0 Å². The monoisotopic (exact) mass is 143 g/mol. The first-order valence-corrected chi connectivity index (χ1v) is 4.33. The highest BCUT2D eigenvalue weighted by Gasteiger charge is 2.48. The van der Waals surface area contributed by atoms with E-state index in [0.717, 1.165) is 0 Å². The van der Waals surface area contributed by atoms with Crippen LogP contribution in [0.2, 0.25) is 0 Å². The normalized spacial score (nSPS) is 23.6. The number of aryl methyl sites for hydroxylation is 1. The van der Waals surface area contributed by atoms with Crippen molar-refractivity contribution in [3.63, 3.8) is 0 Å². The minimum Gasteiger partial charge on any atom is -0.0620 e. The van der Waals surface area contributed by atoms with Crippen molar-refractivity contribution in [2.24, 2.45) is 0 Å². The Morgan fingerprint density at radius 3 is 2.82 bits per heavy atom. The summed E-state index contributed by atoms with van der Waals surface area (Å²) in [4.78, 5) is 0. The first-order valence-electron chi connectivity index (χ1n) is 4.33. The summed E-state index contributed by atoms with van der Waals surface area (Å²) in [6, 6.07) is 8.89. The Labute approximate surface area is 67.2 Å². The third-order valence-electron chi connectivity index (χ3n) is 3.09. The second-order valence-electron chi connectivity index (χ2n) is 3.72. The van der Waals surface area contributed by atoms with Crippen LogP contribution in [0.4, 0.5) is 0 Å². The fraction of sp³-hybridized carbons (Fsp3) is 0.364. The van der Waals surface area contributed by atoms with E-state index in [1.165, 1.54) is 19.3 Å². The molecule has 55 valence electrons. The van der Waals surface area contributed by atoms with E-state index in [1.54, 1.807) is 11.1 Å². The molecule has 1 fully saturated rings. The van der Waals surface area contributed by atoms with Gasteiger partial charge in [0, 0.05) is 0 Å². The van der Waals surface area contributed by atoms with Crippen LogP contribution in [0.25, 0.3) is 0 Å². The molecule has 1 spiro atoms. The van der Waals surface area contributed by atoms with E-state index in [9.17, 15) is 0 Å². The van der Waals surface area contributed by atoms with E-state index in [1.807, 2.05) is 0 Å². The molecule has 0 heterocycles. The SMILES string of the molecule is [CH]1CC12CCc1ccccc12. The highest BCUT2D eigenvalue weighted by molar-refractivity contribution is 5.48. The Bertz CT molecular complexity index is 295. The van der Waals surface area contributed by atoms with Crippen LogP contribution in [-0.4, -0.2) is 0 Å². The average Bonchev–Trinajstić information content (AvgIpc) is 2.72. The molecule has 0 nitrogen and oxygen atoms in total. The fourth-order valence-electron chi connectivity index (χ4n) is 2.26. The van der Waals surface area contributed by atoms with Crippen LogP contribution in [0.15, 0.2) is 24.3 Å². The number of hydrogen-bond acceptors (Lipinski definition) is 0. The van der Waals surface area contributed by atoms with Gasteiger partial charge in [0.25, 0.3) is 0 Å². The molecule has 0 heteroatoms. The molecule has 1 radical (unpaired) electrons. The van der Waals surface area contributed by atoms with Crippen molar-refractivity contribution in [3.05, 3.63) is 41.8 Å². The van der Waals surface area contributed by atoms with Crippen molar-refractivity contribution in [1.29, 1.82) is 0 Å². The Kier molecular flexibility index (Phi) is 0.892. The number of benzene rings is 1. The van der Waals surface area contributed by atoms with E-state index in [-0.39, 0.29) is 0 Å². The largest absolute Gasteiger partial charge is 0.0620 e. The molecule has 1 atom stereocenters. The van der Waals surface area contributed by atoms with Crippen LogP contribution in [0.5, 0.6) is 0 Å². The van der Waals surface area contributed by atoms with E-state index < -0.39 is 0 Å². The molecule has 0 N–H and O–H groups in total. The van der Waals surface area contributed by atoms with Crippen LogP contribution in [-0.2, 0) is 11.8 Å². The summed E-state index contributed by atoms with van der Waals surface area (Å²) in [5.74, 6) is 0. The molecule has 2 aliphatic rings. The van der Waals surface area contributed by atoms with Gasteiger partial charge in [0.05, 0.1) is 0 Å². The summed E-state index contributed by atoms with van der Waals surface area (Å²) in [6.45, 7) is 0. The van der Waals surface area contributed by atoms with Crippen LogP contribution < -0.4 is 0 Å². The van der Waals surface area contributed by atoms with Gasteiger partial charge in [0.2, 0.25) is 0 Å². The fourth-order valence-corrected chi connectivity index (χ4v) is 2.26. The van der Waals surface area contributed by atoms with Crippen molar-refractivity contribution < 1.29 is 0 Å². The molecule has 0 aromatic heterocycles. The third kappa shape index (κ3) is 0.649. The summed E-state index contributed by atoms with van der Waals surface area (Å²) in [6.07, 6.45) is 6.45. The van der Waals surface area contributed by atoms with E-state index in [0.29, 0.717) is 5.41 Å². The van der Waals surface area contributed by atoms with Crippen LogP contribution in [0.3, 0.4) is 0 Å². The molecule has 0 amide bonds. The van der Waals surface area contributed by atoms with Crippen molar-refractivity contribution in [1.82, 2.24) is 0 Å². The topological polar surface area (TPSA) is 0 Å². The molecule has 2 aliphatic carbocycles. The molecule has 1 aromatic rings. The van der Waals surface area contributed by atoms with E-state index in [2.05, 4.69) is 30.7 Å². The van der Waals surface area contributed by atoms with Gasteiger partial charge < -0.3 is 0 Å². The van der Waals surface area contributed by atoms with E-state index in [4.69, 9.17) is 0 Å². The van der Waals surface area contributed by atoms with Crippen LogP contribution in [0.1, 0.15) is 24.0 Å². The number of fused-ring (bicyclic) bond motifs is 2. The van der Waals surface area contributed by atoms with Crippen molar-refractivity contribution in [3.8, 4) is 0 Å². The van der Waals surface area contributed by atoms with Gasteiger partial charge in [0.1, 0.15) is 0 Å². The zero-order valence-corrected chi connectivity index (χ0v) is 6.51. The molecule has 11 heavy (non-hydrogen) atoms. The second kappa shape index (κ2) is 1.69. The zero-order valence-electron chi connectivity index (χ0n) is 6.51. The standard InChI is InChI=1S/C11H11/c1-2-4-10-9(3-1)5-6-11(10)7-8-11/h1-4,7H,5-6,8H2. The lowest BCUT2D eigenvalue weighted by atomic mass is 9.99. The van der Waals surface area contributed by atoms with Crippen molar-refractivity contribution >= 4 is 0 Å². The maximum absolute atomic E-state index is 2.46. The summed E-state index contributed by atoms with van der Waals surface area (Å²) >= 11 is 0. The van der Waals surface area contributed by atoms with Gasteiger partial charge in [-0.3, -0.25) is 0 Å². The van der Waals surface area contributed by atoms with Gasteiger partial charge in [-0.15, -0.1) is 0 Å². The minimum absolute atomic E-state index is 0.552. The molecule has 1 saturated carbocycles. The predicted octanol–water partition coefficient (Wildman–Crippen LogP) is 2.48. The zero-order chi connectivity index (χ0) is 7.31.